The molecule has 0 fully saturated rings. The maximum absolute atomic E-state index is 11.8. The molecule has 0 saturated heterocycles. The maximum atomic E-state index is 11.8. The summed E-state index contributed by atoms with van der Waals surface area (Å²) in [6.45, 7) is 3.74. The van der Waals surface area contributed by atoms with E-state index in [-0.39, 0.29) is 18.1 Å². The largest absolute Gasteiger partial charge is 0.495 e. The SMILES string of the molecule is COc1cncc(-n2cc(CC(=O)C(C)C)c(Cl)n2)c1. The second-order valence-corrected chi connectivity index (χ2v) is 5.13. The van der Waals surface area contributed by atoms with Crippen LogP contribution in [0.25, 0.3) is 5.69 Å². The number of carbonyl (C=O) groups excluding carboxylic acids is 1. The van der Waals surface area contributed by atoms with Crippen LogP contribution in [0.4, 0.5) is 0 Å². The lowest BCUT2D eigenvalue weighted by Gasteiger charge is -2.03. The molecule has 20 heavy (non-hydrogen) atoms. The van der Waals surface area contributed by atoms with E-state index >= 15 is 0 Å². The maximum Gasteiger partial charge on any atom is 0.155 e. The topological polar surface area (TPSA) is 57.0 Å². The Morgan fingerprint density at radius 3 is 2.85 bits per heavy atom. The van der Waals surface area contributed by atoms with Crippen LogP contribution in [-0.2, 0) is 11.2 Å². The van der Waals surface area contributed by atoms with E-state index in [1.54, 1.807) is 36.4 Å². The molecule has 0 unspecified atom stereocenters. The minimum Gasteiger partial charge on any atom is -0.495 e. The number of aromatic nitrogens is 3. The average molecular weight is 294 g/mol. The molecule has 0 N–H and O–H groups in total. The first-order chi connectivity index (χ1) is 9.51. The van der Waals surface area contributed by atoms with E-state index in [4.69, 9.17) is 16.3 Å². The molecule has 5 nitrogen and oxygen atoms in total. The van der Waals surface area contributed by atoms with Crippen molar-refractivity contribution in [2.75, 3.05) is 7.11 Å². The zero-order valence-electron chi connectivity index (χ0n) is 11.6. The van der Waals surface area contributed by atoms with Gasteiger partial charge in [0, 0.05) is 30.2 Å². The van der Waals surface area contributed by atoms with Crippen molar-refractivity contribution < 1.29 is 9.53 Å². The number of nitrogens with zero attached hydrogens (tertiary/aromatic N) is 3. The summed E-state index contributed by atoms with van der Waals surface area (Å²) in [7, 11) is 1.57. The van der Waals surface area contributed by atoms with Crippen molar-refractivity contribution in [1.29, 1.82) is 0 Å². The van der Waals surface area contributed by atoms with Gasteiger partial charge in [-0.05, 0) is 0 Å². The van der Waals surface area contributed by atoms with Gasteiger partial charge in [0.25, 0.3) is 0 Å². The number of halogens is 1. The minimum atomic E-state index is -0.0205. The Bertz CT molecular complexity index is 623. The molecule has 2 aromatic heterocycles. The number of rotatable bonds is 5. The Hall–Kier alpha value is -1.88. The van der Waals surface area contributed by atoms with Crippen molar-refractivity contribution in [1.82, 2.24) is 14.8 Å². The Labute approximate surface area is 122 Å². The van der Waals surface area contributed by atoms with Crippen LogP contribution in [0, 0.1) is 5.92 Å². The lowest BCUT2D eigenvalue weighted by atomic mass is 10.0. The normalized spacial score (nSPS) is 10.8. The molecule has 0 aromatic carbocycles. The van der Waals surface area contributed by atoms with Crippen LogP contribution in [-0.4, -0.2) is 27.7 Å². The smallest absolute Gasteiger partial charge is 0.155 e. The lowest BCUT2D eigenvalue weighted by molar-refractivity contribution is -0.121. The molecule has 106 valence electrons. The fourth-order valence-corrected chi connectivity index (χ4v) is 1.87. The Morgan fingerprint density at radius 1 is 1.45 bits per heavy atom. The van der Waals surface area contributed by atoms with Crippen molar-refractivity contribution in [2.24, 2.45) is 5.92 Å². The third-order valence-corrected chi connectivity index (χ3v) is 3.26. The molecule has 0 bridgehead atoms. The number of pyridine rings is 1. The summed E-state index contributed by atoms with van der Waals surface area (Å²) in [5, 5.41) is 4.54. The van der Waals surface area contributed by atoms with E-state index in [1.807, 2.05) is 13.8 Å². The molecule has 0 amide bonds. The van der Waals surface area contributed by atoms with Crippen molar-refractivity contribution in [2.45, 2.75) is 20.3 Å². The average Bonchev–Trinajstić information content (AvgIpc) is 2.80. The summed E-state index contributed by atoms with van der Waals surface area (Å²) in [5.74, 6) is 0.747. The summed E-state index contributed by atoms with van der Waals surface area (Å²) in [6.07, 6.45) is 5.30. The van der Waals surface area contributed by atoms with Crippen LogP contribution >= 0.6 is 11.6 Å². The molecular formula is C14H16ClN3O2. The Balaban J connectivity index is 2.28. The lowest BCUT2D eigenvalue weighted by Crippen LogP contribution is -2.09. The monoisotopic (exact) mass is 293 g/mol. The van der Waals surface area contributed by atoms with Crippen molar-refractivity contribution in [3.63, 3.8) is 0 Å². The van der Waals surface area contributed by atoms with Gasteiger partial charge in [-0.25, -0.2) is 4.68 Å². The molecule has 0 aliphatic heterocycles. The van der Waals surface area contributed by atoms with Crippen LogP contribution in [0.15, 0.2) is 24.7 Å². The molecular weight excluding hydrogens is 278 g/mol. The zero-order chi connectivity index (χ0) is 14.7. The highest BCUT2D eigenvalue weighted by Gasteiger charge is 2.14. The predicted molar refractivity (Wildman–Crippen MR) is 76.5 cm³/mol. The first-order valence-electron chi connectivity index (χ1n) is 6.27. The molecule has 0 saturated carbocycles. The number of methoxy groups -OCH3 is 1. The van der Waals surface area contributed by atoms with Gasteiger partial charge in [0.2, 0.25) is 0 Å². The Kier molecular flexibility index (Phi) is 4.39. The molecule has 2 rings (SSSR count). The van der Waals surface area contributed by atoms with Gasteiger partial charge < -0.3 is 4.74 Å². The molecule has 0 aliphatic carbocycles. The molecule has 2 aromatic rings. The highest BCUT2D eigenvalue weighted by atomic mass is 35.5. The molecule has 6 heteroatoms. The number of ether oxygens (including phenoxy) is 1. The molecule has 2 heterocycles. The highest BCUT2D eigenvalue weighted by Crippen LogP contribution is 2.20. The number of ketones is 1. The molecule has 0 radical (unpaired) electrons. The molecule has 0 aliphatic rings. The van der Waals surface area contributed by atoms with Gasteiger partial charge in [-0.3, -0.25) is 9.78 Å². The van der Waals surface area contributed by atoms with Crippen molar-refractivity contribution in [3.8, 4) is 11.4 Å². The second-order valence-electron chi connectivity index (χ2n) is 4.77. The van der Waals surface area contributed by atoms with E-state index in [9.17, 15) is 4.79 Å². The van der Waals surface area contributed by atoms with Crippen molar-refractivity contribution >= 4 is 17.4 Å². The van der Waals surface area contributed by atoms with Gasteiger partial charge in [-0.15, -0.1) is 0 Å². The first kappa shape index (κ1) is 14.5. The first-order valence-corrected chi connectivity index (χ1v) is 6.65. The third kappa shape index (κ3) is 3.17. The Morgan fingerprint density at radius 2 is 2.20 bits per heavy atom. The highest BCUT2D eigenvalue weighted by molar-refractivity contribution is 6.30. The van der Waals surface area contributed by atoms with Crippen LogP contribution in [0.5, 0.6) is 5.75 Å². The van der Waals surface area contributed by atoms with Gasteiger partial charge in [0.05, 0.1) is 25.2 Å². The zero-order valence-corrected chi connectivity index (χ0v) is 12.4. The standard InChI is InChI=1S/C14H16ClN3O2/c1-9(2)13(19)4-10-8-18(17-14(10)15)11-5-12(20-3)7-16-6-11/h5-9H,4H2,1-3H3. The van der Waals surface area contributed by atoms with Gasteiger partial charge in [-0.1, -0.05) is 25.4 Å². The van der Waals surface area contributed by atoms with Crippen LogP contribution in [0.2, 0.25) is 5.15 Å². The summed E-state index contributed by atoms with van der Waals surface area (Å²) >= 11 is 6.08. The van der Waals surface area contributed by atoms with Gasteiger partial charge in [-0.2, -0.15) is 5.10 Å². The van der Waals surface area contributed by atoms with Crippen molar-refractivity contribution in [3.05, 3.63) is 35.4 Å². The quantitative estimate of drug-likeness (QED) is 0.850. The fourth-order valence-electron chi connectivity index (χ4n) is 1.68. The summed E-state index contributed by atoms with van der Waals surface area (Å²) in [4.78, 5) is 15.8. The van der Waals surface area contributed by atoms with Crippen LogP contribution in [0.3, 0.4) is 0 Å². The van der Waals surface area contributed by atoms with Gasteiger partial charge in [0.1, 0.15) is 11.5 Å². The number of hydrogen-bond donors (Lipinski definition) is 0. The third-order valence-electron chi connectivity index (χ3n) is 2.95. The second kappa shape index (κ2) is 6.05. The molecule has 0 atom stereocenters. The number of Topliss-reactive ketones (excluding diaryl/α,β-unsaturated/α-hetero) is 1. The van der Waals surface area contributed by atoms with E-state index in [2.05, 4.69) is 10.1 Å². The van der Waals surface area contributed by atoms with E-state index in [0.717, 1.165) is 5.69 Å². The van der Waals surface area contributed by atoms with Gasteiger partial charge in [0.15, 0.2) is 5.15 Å². The molecule has 0 spiro atoms. The number of carbonyl (C=O) groups is 1. The fraction of sp³-hybridized carbons (Fsp3) is 0.357. The summed E-state index contributed by atoms with van der Waals surface area (Å²) in [6, 6.07) is 1.80. The number of hydrogen-bond acceptors (Lipinski definition) is 4. The summed E-state index contributed by atoms with van der Waals surface area (Å²) < 4.78 is 6.72. The van der Waals surface area contributed by atoms with Crippen LogP contribution < -0.4 is 4.74 Å². The predicted octanol–water partition coefficient (Wildman–Crippen LogP) is 2.70. The van der Waals surface area contributed by atoms with Crippen LogP contribution in [0.1, 0.15) is 19.4 Å². The summed E-state index contributed by atoms with van der Waals surface area (Å²) in [5.41, 5.74) is 1.45. The minimum absolute atomic E-state index is 0.0205. The van der Waals surface area contributed by atoms with E-state index in [0.29, 0.717) is 16.5 Å². The van der Waals surface area contributed by atoms with E-state index < -0.39 is 0 Å². The van der Waals surface area contributed by atoms with E-state index in [1.165, 1.54) is 0 Å². The van der Waals surface area contributed by atoms with Gasteiger partial charge >= 0.3 is 0 Å².